The molecule has 4 rings (SSSR count). The molecule has 1 spiro atoms. The lowest BCUT2D eigenvalue weighted by Gasteiger charge is -2.50. The third-order valence-corrected chi connectivity index (χ3v) is 5.32. The summed E-state index contributed by atoms with van der Waals surface area (Å²) in [5.74, 6) is 1.09. The molecule has 0 radical (unpaired) electrons. The van der Waals surface area contributed by atoms with Gasteiger partial charge in [-0.25, -0.2) is 4.98 Å². The molecule has 6 heteroatoms. The van der Waals surface area contributed by atoms with Crippen LogP contribution in [0.5, 0.6) is 5.88 Å². The molecule has 6 nitrogen and oxygen atoms in total. The van der Waals surface area contributed by atoms with E-state index < -0.39 is 0 Å². The lowest BCUT2D eigenvalue weighted by atomic mass is 9.79. The highest BCUT2D eigenvalue weighted by Crippen LogP contribution is 2.42. The summed E-state index contributed by atoms with van der Waals surface area (Å²) in [5.41, 5.74) is 1.34. The van der Waals surface area contributed by atoms with E-state index in [2.05, 4.69) is 9.97 Å². The van der Waals surface area contributed by atoms with Crippen LogP contribution in [0.4, 0.5) is 0 Å². The zero-order chi connectivity index (χ0) is 18.0. The summed E-state index contributed by atoms with van der Waals surface area (Å²) in [6.45, 7) is 4.57. The van der Waals surface area contributed by atoms with Crippen LogP contribution in [-0.4, -0.2) is 52.7 Å². The second kappa shape index (κ2) is 7.03. The van der Waals surface area contributed by atoms with Crippen molar-refractivity contribution in [3.8, 4) is 5.88 Å². The van der Waals surface area contributed by atoms with Crippen LogP contribution in [0, 0.1) is 12.8 Å². The fourth-order valence-corrected chi connectivity index (χ4v) is 3.80. The monoisotopic (exact) mass is 353 g/mol. The molecule has 4 heterocycles. The van der Waals surface area contributed by atoms with Crippen molar-refractivity contribution in [2.75, 3.05) is 26.3 Å². The Bertz CT molecular complexity index is 758. The molecule has 0 bridgehead atoms. The highest BCUT2D eigenvalue weighted by molar-refractivity contribution is 5.94. The fourth-order valence-electron chi connectivity index (χ4n) is 3.80. The lowest BCUT2D eigenvalue weighted by Crippen LogP contribution is -2.66. The average molecular weight is 353 g/mol. The number of likely N-dealkylation sites (tertiary alicyclic amines) is 1. The Hall–Kier alpha value is -2.47. The predicted octanol–water partition coefficient (Wildman–Crippen LogP) is 2.49. The van der Waals surface area contributed by atoms with E-state index in [9.17, 15) is 4.79 Å². The molecule has 1 atom stereocenters. The Morgan fingerprint density at radius 2 is 2.19 bits per heavy atom. The van der Waals surface area contributed by atoms with Gasteiger partial charge in [-0.05, 0) is 43.9 Å². The minimum absolute atomic E-state index is 0.0297. The van der Waals surface area contributed by atoms with Crippen molar-refractivity contribution in [3.05, 3.63) is 54.0 Å². The van der Waals surface area contributed by atoms with Crippen molar-refractivity contribution in [2.45, 2.75) is 25.4 Å². The van der Waals surface area contributed by atoms with E-state index in [1.165, 1.54) is 0 Å². The van der Waals surface area contributed by atoms with Gasteiger partial charge in [-0.15, -0.1) is 0 Å². The molecular formula is C20H23N3O3. The Labute approximate surface area is 153 Å². The number of aryl methyl sites for hydroxylation is 1. The van der Waals surface area contributed by atoms with Gasteiger partial charge in [0.05, 0.1) is 25.3 Å². The van der Waals surface area contributed by atoms with Gasteiger partial charge in [-0.2, -0.15) is 0 Å². The molecule has 1 unspecified atom stereocenters. The number of hydrogen-bond donors (Lipinski definition) is 0. The van der Waals surface area contributed by atoms with Crippen molar-refractivity contribution in [1.29, 1.82) is 0 Å². The topological polar surface area (TPSA) is 64.6 Å². The van der Waals surface area contributed by atoms with Crippen molar-refractivity contribution in [1.82, 2.24) is 14.9 Å². The van der Waals surface area contributed by atoms with E-state index in [-0.39, 0.29) is 11.5 Å². The summed E-state index contributed by atoms with van der Waals surface area (Å²) in [6, 6.07) is 9.35. The molecule has 2 aromatic rings. The smallest absolute Gasteiger partial charge is 0.255 e. The predicted molar refractivity (Wildman–Crippen MR) is 96.0 cm³/mol. The lowest BCUT2D eigenvalue weighted by molar-refractivity contribution is -0.119. The zero-order valence-electron chi connectivity index (χ0n) is 14.9. The Morgan fingerprint density at radius 3 is 2.92 bits per heavy atom. The number of carbonyl (C=O) groups is 1. The number of carbonyl (C=O) groups excluding carboxylic acids is 1. The van der Waals surface area contributed by atoms with Crippen LogP contribution in [0.15, 0.2) is 42.7 Å². The minimum atomic E-state index is -0.207. The largest absolute Gasteiger partial charge is 0.478 e. The van der Waals surface area contributed by atoms with Crippen LogP contribution in [0.25, 0.3) is 0 Å². The molecule has 1 amide bonds. The quantitative estimate of drug-likeness (QED) is 0.826. The van der Waals surface area contributed by atoms with Gasteiger partial charge >= 0.3 is 0 Å². The molecule has 2 saturated heterocycles. The molecule has 2 fully saturated rings. The number of hydrogen-bond acceptors (Lipinski definition) is 5. The van der Waals surface area contributed by atoms with Gasteiger partial charge in [-0.1, -0.05) is 6.07 Å². The first-order chi connectivity index (χ1) is 12.7. The number of nitrogens with zero attached hydrogens (tertiary/aromatic N) is 3. The van der Waals surface area contributed by atoms with Gasteiger partial charge in [-0.3, -0.25) is 9.78 Å². The van der Waals surface area contributed by atoms with Crippen molar-refractivity contribution >= 4 is 5.91 Å². The van der Waals surface area contributed by atoms with Crippen LogP contribution in [0.2, 0.25) is 0 Å². The molecule has 26 heavy (non-hydrogen) atoms. The molecule has 0 aliphatic carbocycles. The summed E-state index contributed by atoms with van der Waals surface area (Å²) in [4.78, 5) is 22.8. The second-order valence-corrected chi connectivity index (χ2v) is 7.05. The van der Waals surface area contributed by atoms with Gasteiger partial charge in [0.15, 0.2) is 0 Å². The minimum Gasteiger partial charge on any atom is -0.478 e. The van der Waals surface area contributed by atoms with E-state index in [1.54, 1.807) is 12.4 Å². The highest BCUT2D eigenvalue weighted by Gasteiger charge is 2.54. The molecule has 136 valence electrons. The molecule has 2 aliphatic rings. The van der Waals surface area contributed by atoms with Crippen LogP contribution in [0.3, 0.4) is 0 Å². The molecular weight excluding hydrogens is 330 g/mol. The first-order valence-electron chi connectivity index (χ1n) is 9.06. The van der Waals surface area contributed by atoms with Crippen molar-refractivity contribution in [3.63, 3.8) is 0 Å². The van der Waals surface area contributed by atoms with Crippen molar-refractivity contribution < 1.29 is 14.3 Å². The maximum atomic E-state index is 12.6. The number of rotatable bonds is 5. The van der Waals surface area contributed by atoms with Gasteiger partial charge in [0, 0.05) is 30.8 Å². The zero-order valence-corrected chi connectivity index (χ0v) is 14.9. The summed E-state index contributed by atoms with van der Waals surface area (Å²) in [5, 5.41) is 0. The maximum Gasteiger partial charge on any atom is 0.255 e. The first kappa shape index (κ1) is 17.0. The Kier molecular flexibility index (Phi) is 4.59. The van der Waals surface area contributed by atoms with E-state index in [0.29, 0.717) is 37.1 Å². The van der Waals surface area contributed by atoms with Gasteiger partial charge < -0.3 is 14.4 Å². The second-order valence-electron chi connectivity index (χ2n) is 7.05. The molecule has 0 saturated carbocycles. The molecule has 2 aliphatic heterocycles. The van der Waals surface area contributed by atoms with E-state index in [0.717, 1.165) is 25.1 Å². The van der Waals surface area contributed by atoms with Crippen molar-refractivity contribution in [2.24, 2.45) is 5.92 Å². The average Bonchev–Trinajstić information content (AvgIpc) is 3.05. The van der Waals surface area contributed by atoms with Gasteiger partial charge in [0.2, 0.25) is 5.88 Å². The molecule has 0 N–H and O–H groups in total. The van der Waals surface area contributed by atoms with Crippen LogP contribution >= 0.6 is 0 Å². The van der Waals surface area contributed by atoms with Gasteiger partial charge in [0.1, 0.15) is 5.60 Å². The Morgan fingerprint density at radius 1 is 1.31 bits per heavy atom. The molecule has 2 aromatic heterocycles. The first-order valence-corrected chi connectivity index (χ1v) is 9.06. The third-order valence-electron chi connectivity index (χ3n) is 5.32. The van der Waals surface area contributed by atoms with Gasteiger partial charge in [0.25, 0.3) is 5.91 Å². The van der Waals surface area contributed by atoms with Crippen LogP contribution < -0.4 is 4.74 Å². The van der Waals surface area contributed by atoms with E-state index in [4.69, 9.17) is 9.47 Å². The standard InChI is InChI=1S/C20H23N3O3/c1-15-5-6-16(12-22-15)19(24)23-13-20(14-23)17(8-11-26-20)7-10-25-18-4-2-3-9-21-18/h2-6,9,12,17H,7-8,10-11,13-14H2,1H3. The number of pyridine rings is 2. The van der Waals surface area contributed by atoms with E-state index in [1.807, 2.05) is 42.2 Å². The van der Waals surface area contributed by atoms with Crippen LogP contribution in [-0.2, 0) is 4.74 Å². The fraction of sp³-hybridized carbons (Fsp3) is 0.450. The number of aromatic nitrogens is 2. The summed E-state index contributed by atoms with van der Waals surface area (Å²) in [6.07, 6.45) is 5.30. The third kappa shape index (κ3) is 3.29. The summed E-state index contributed by atoms with van der Waals surface area (Å²) in [7, 11) is 0. The number of ether oxygens (including phenoxy) is 2. The maximum absolute atomic E-state index is 12.6. The Balaban J connectivity index is 1.31. The summed E-state index contributed by atoms with van der Waals surface area (Å²) >= 11 is 0. The summed E-state index contributed by atoms with van der Waals surface area (Å²) < 4.78 is 11.8. The SMILES string of the molecule is Cc1ccc(C(=O)N2CC3(C2)OCCC3CCOc2ccccn2)cn1. The molecule has 0 aromatic carbocycles. The highest BCUT2D eigenvalue weighted by atomic mass is 16.5. The van der Waals surface area contributed by atoms with Crippen LogP contribution in [0.1, 0.15) is 28.9 Å². The number of amides is 1. The van der Waals surface area contributed by atoms with E-state index >= 15 is 0 Å². The normalized spacial score (nSPS) is 20.8.